The summed E-state index contributed by atoms with van der Waals surface area (Å²) in [7, 11) is 0. The topological polar surface area (TPSA) is 52.3 Å². The Labute approximate surface area is 175 Å². The van der Waals surface area contributed by atoms with Crippen LogP contribution in [0.5, 0.6) is 0 Å². The summed E-state index contributed by atoms with van der Waals surface area (Å²) in [5.41, 5.74) is -6.13. The number of halogens is 8. The Balaban J connectivity index is 2.67. The van der Waals surface area contributed by atoms with E-state index in [1.165, 1.54) is 0 Å². The van der Waals surface area contributed by atoms with E-state index in [9.17, 15) is 26.3 Å². The zero-order chi connectivity index (χ0) is 22.0. The molecule has 0 aliphatic rings. The van der Waals surface area contributed by atoms with Crippen molar-refractivity contribution >= 4 is 46.8 Å². The maximum absolute atomic E-state index is 12.9. The second-order valence-corrected chi connectivity index (χ2v) is 7.08. The van der Waals surface area contributed by atoms with Gasteiger partial charge in [0.2, 0.25) is 5.16 Å². The average Bonchev–Trinajstić information content (AvgIpc) is 2.92. The van der Waals surface area contributed by atoms with Crippen LogP contribution in [0.4, 0.5) is 32.3 Å². The summed E-state index contributed by atoms with van der Waals surface area (Å²) in [4.78, 5) is 7.69. The maximum atomic E-state index is 12.9. The Morgan fingerprint density at radius 3 is 2.17 bits per heavy atom. The third-order valence-electron chi connectivity index (χ3n) is 3.17. The Morgan fingerprint density at radius 2 is 1.72 bits per heavy atom. The second kappa shape index (κ2) is 9.00. The minimum atomic E-state index is -4.73. The van der Waals surface area contributed by atoms with E-state index in [0.29, 0.717) is 12.1 Å². The predicted octanol–water partition coefficient (Wildman–Crippen LogP) is 6.68. The minimum Gasteiger partial charge on any atom is -0.481 e. The van der Waals surface area contributed by atoms with Crippen LogP contribution < -0.4 is 0 Å². The lowest BCUT2D eigenvalue weighted by Gasteiger charge is -2.13. The highest BCUT2D eigenvalue weighted by molar-refractivity contribution is 8.00. The van der Waals surface area contributed by atoms with Crippen molar-refractivity contribution in [2.45, 2.75) is 37.1 Å². The molecule has 0 aliphatic heterocycles. The van der Waals surface area contributed by atoms with Crippen molar-refractivity contribution in [1.82, 2.24) is 14.8 Å². The third-order valence-corrected chi connectivity index (χ3v) is 4.33. The molecule has 2 aromatic rings. The first-order valence-corrected chi connectivity index (χ1v) is 9.42. The molecule has 2 rings (SSSR count). The van der Waals surface area contributed by atoms with E-state index < -0.39 is 44.2 Å². The highest BCUT2D eigenvalue weighted by atomic mass is 35.5. The molecule has 0 saturated carbocycles. The summed E-state index contributed by atoms with van der Waals surface area (Å²) in [6.45, 7) is 3.58. The fraction of sp³-hybridized carbons (Fsp3) is 0.400. The summed E-state index contributed by atoms with van der Waals surface area (Å²) in [5, 5.41) is 1.93. The monoisotopic (exact) mass is 480 g/mol. The summed E-state index contributed by atoms with van der Waals surface area (Å²) < 4.78 is 82.9. The van der Waals surface area contributed by atoms with Gasteiger partial charge >= 0.3 is 11.7 Å². The maximum Gasteiger partial charge on any atom is 0.449 e. The Hall–Kier alpha value is -1.66. The van der Waals surface area contributed by atoms with Gasteiger partial charge in [0.1, 0.15) is 5.69 Å². The summed E-state index contributed by atoms with van der Waals surface area (Å²) >= 11 is 11.3. The van der Waals surface area contributed by atoms with Gasteiger partial charge in [0.05, 0.1) is 22.2 Å². The van der Waals surface area contributed by atoms with Gasteiger partial charge in [-0.25, -0.2) is 0 Å². The van der Waals surface area contributed by atoms with Crippen LogP contribution in [0.2, 0.25) is 10.0 Å². The molecule has 0 radical (unpaired) electrons. The van der Waals surface area contributed by atoms with Gasteiger partial charge in [-0.3, -0.25) is 0 Å². The van der Waals surface area contributed by atoms with Crippen molar-refractivity contribution < 1.29 is 31.1 Å². The summed E-state index contributed by atoms with van der Waals surface area (Å²) in [5.74, 6) is -0.255. The van der Waals surface area contributed by atoms with Gasteiger partial charge in [-0.1, -0.05) is 30.1 Å². The van der Waals surface area contributed by atoms with E-state index >= 15 is 0 Å². The Kier molecular flexibility index (Phi) is 7.33. The number of ether oxygens (including phenoxy) is 1. The third kappa shape index (κ3) is 6.16. The second-order valence-electron chi connectivity index (χ2n) is 5.23. The molecule has 5 nitrogen and oxygen atoms in total. The number of alkyl halides is 6. The molecule has 160 valence electrons. The molecule has 0 unspecified atom stereocenters. The zero-order valence-corrected chi connectivity index (χ0v) is 17.0. The van der Waals surface area contributed by atoms with Crippen LogP contribution in [0.15, 0.2) is 22.3 Å². The van der Waals surface area contributed by atoms with E-state index in [1.54, 1.807) is 13.8 Å². The van der Waals surface area contributed by atoms with Gasteiger partial charge in [-0.05, 0) is 19.1 Å². The fourth-order valence-corrected chi connectivity index (χ4v) is 3.18. The van der Waals surface area contributed by atoms with E-state index in [-0.39, 0.29) is 30.6 Å². The number of thioether (sulfide) groups is 1. The molecule has 0 atom stereocenters. The van der Waals surface area contributed by atoms with Crippen LogP contribution in [0.1, 0.15) is 25.8 Å². The predicted molar refractivity (Wildman–Crippen MR) is 97.3 cm³/mol. The number of rotatable bonds is 5. The lowest BCUT2D eigenvalue weighted by Crippen LogP contribution is -2.08. The number of aromatic nitrogens is 3. The van der Waals surface area contributed by atoms with Crippen molar-refractivity contribution in [2.24, 2.45) is 4.99 Å². The minimum absolute atomic E-state index is 0.129. The number of benzene rings is 1. The first kappa shape index (κ1) is 23.6. The molecular formula is C15H12Cl2F6N4OS. The molecule has 0 amide bonds. The first-order chi connectivity index (χ1) is 13.4. The lowest BCUT2D eigenvalue weighted by molar-refractivity contribution is -0.137. The molecule has 0 spiro atoms. The molecule has 1 aromatic heterocycles. The Bertz CT molecular complexity index is 890. The van der Waals surface area contributed by atoms with Gasteiger partial charge in [0, 0.05) is 18.2 Å². The van der Waals surface area contributed by atoms with E-state index in [4.69, 9.17) is 27.9 Å². The number of hydrogen-bond acceptors (Lipinski definition) is 5. The van der Waals surface area contributed by atoms with E-state index in [2.05, 4.69) is 15.1 Å². The van der Waals surface area contributed by atoms with Crippen molar-refractivity contribution in [3.8, 4) is 5.69 Å². The van der Waals surface area contributed by atoms with Gasteiger partial charge < -0.3 is 4.74 Å². The highest BCUT2D eigenvalue weighted by Crippen LogP contribution is 2.40. The van der Waals surface area contributed by atoms with Crippen LogP contribution in [-0.4, -0.2) is 32.8 Å². The number of nitrogens with zero attached hydrogens (tertiary/aromatic N) is 4. The standard InChI is InChI=1S/C15H12Cl2F6N4OS/c1-3-10(28-4-2)24-12-25-13(29-15(21,22)23)26-27(12)11-8(16)5-7(6-9(11)17)14(18,19)20/h5-6H,3-4H2,1-2H3. The van der Waals surface area contributed by atoms with Crippen molar-refractivity contribution in [3.63, 3.8) is 0 Å². The van der Waals surface area contributed by atoms with Crippen molar-refractivity contribution in [2.75, 3.05) is 6.61 Å². The van der Waals surface area contributed by atoms with Gasteiger partial charge in [0.15, 0.2) is 5.90 Å². The molecule has 0 bridgehead atoms. The molecule has 0 saturated heterocycles. The van der Waals surface area contributed by atoms with E-state index in [0.717, 1.165) is 4.68 Å². The molecule has 0 aliphatic carbocycles. The Morgan fingerprint density at radius 1 is 1.14 bits per heavy atom. The van der Waals surface area contributed by atoms with Gasteiger partial charge in [0.25, 0.3) is 5.95 Å². The van der Waals surface area contributed by atoms with Crippen LogP contribution in [0.25, 0.3) is 5.69 Å². The van der Waals surface area contributed by atoms with Crippen LogP contribution >= 0.6 is 35.0 Å². The van der Waals surface area contributed by atoms with E-state index in [1.807, 2.05) is 0 Å². The number of hydrogen-bond donors (Lipinski definition) is 0. The lowest BCUT2D eigenvalue weighted by atomic mass is 10.2. The fourth-order valence-electron chi connectivity index (χ4n) is 2.08. The largest absolute Gasteiger partial charge is 0.481 e. The SMILES string of the molecule is CCOC(CC)=Nc1nc(SC(F)(F)F)nn1-c1c(Cl)cc(C(F)(F)F)cc1Cl. The van der Waals surface area contributed by atoms with Gasteiger partial charge in [-0.2, -0.15) is 41.0 Å². The summed E-state index contributed by atoms with van der Waals surface area (Å²) in [6, 6.07) is 1.16. The normalized spacial score (nSPS) is 13.1. The molecule has 14 heteroatoms. The quantitative estimate of drug-likeness (QED) is 0.207. The molecule has 0 N–H and O–H groups in total. The number of aliphatic imine (C=N–C) groups is 1. The molecule has 0 fully saturated rings. The zero-order valence-electron chi connectivity index (χ0n) is 14.7. The molecule has 1 heterocycles. The highest BCUT2D eigenvalue weighted by Gasteiger charge is 2.34. The van der Waals surface area contributed by atoms with Crippen LogP contribution in [0, 0.1) is 0 Å². The molecule has 29 heavy (non-hydrogen) atoms. The summed E-state index contributed by atoms with van der Waals surface area (Å²) in [6.07, 6.45) is -4.45. The smallest absolute Gasteiger partial charge is 0.449 e. The van der Waals surface area contributed by atoms with Crippen LogP contribution in [-0.2, 0) is 10.9 Å². The molecular weight excluding hydrogens is 469 g/mol. The van der Waals surface area contributed by atoms with Crippen molar-refractivity contribution in [1.29, 1.82) is 0 Å². The molecule has 1 aromatic carbocycles. The van der Waals surface area contributed by atoms with Crippen LogP contribution in [0.3, 0.4) is 0 Å². The average molecular weight is 481 g/mol. The van der Waals surface area contributed by atoms with Crippen molar-refractivity contribution in [3.05, 3.63) is 27.7 Å². The first-order valence-electron chi connectivity index (χ1n) is 7.85. The van der Waals surface area contributed by atoms with Gasteiger partial charge in [-0.15, -0.1) is 5.10 Å².